The number of nitrogens with zero attached hydrogens (tertiary/aromatic N) is 2. The molecule has 3 atom stereocenters. The molecule has 0 unspecified atom stereocenters. The van der Waals surface area contributed by atoms with Crippen molar-refractivity contribution in [2.45, 2.75) is 63.0 Å². The highest BCUT2D eigenvalue weighted by Crippen LogP contribution is 2.37. The minimum Gasteiger partial charge on any atom is -0.487 e. The highest BCUT2D eigenvalue weighted by atomic mass is 32.2. The first-order valence-corrected chi connectivity index (χ1v) is 14.1. The van der Waals surface area contributed by atoms with Gasteiger partial charge in [0.1, 0.15) is 16.7 Å². The van der Waals surface area contributed by atoms with E-state index in [0.717, 1.165) is 24.8 Å². The molecule has 1 amide bonds. The molecule has 8 nitrogen and oxygen atoms in total. The van der Waals surface area contributed by atoms with Gasteiger partial charge in [-0.1, -0.05) is 19.1 Å². The van der Waals surface area contributed by atoms with E-state index in [1.54, 1.807) is 24.9 Å². The van der Waals surface area contributed by atoms with Gasteiger partial charge in [0.15, 0.2) is 0 Å². The quantitative estimate of drug-likeness (QED) is 0.637. The van der Waals surface area contributed by atoms with Crippen molar-refractivity contribution in [1.29, 1.82) is 0 Å². The van der Waals surface area contributed by atoms with E-state index in [1.807, 2.05) is 19.1 Å². The summed E-state index contributed by atoms with van der Waals surface area (Å²) in [4.78, 5) is 14.9. The molecule has 3 aliphatic rings. The molecular formula is C26H38N2O6S. The van der Waals surface area contributed by atoms with Crippen molar-refractivity contribution >= 4 is 21.5 Å². The molecule has 0 saturated carbocycles. The molecular weight excluding hydrogens is 468 g/mol. The van der Waals surface area contributed by atoms with Crippen molar-refractivity contribution in [3.63, 3.8) is 0 Å². The number of ether oxygens (including phenoxy) is 2. The maximum atomic E-state index is 13.6. The lowest BCUT2D eigenvalue weighted by atomic mass is 9.97. The van der Waals surface area contributed by atoms with Crippen LogP contribution in [0.1, 0.15) is 51.5 Å². The third-order valence-corrected chi connectivity index (χ3v) is 9.50. The smallest absolute Gasteiger partial charge is 0.247 e. The van der Waals surface area contributed by atoms with Crippen molar-refractivity contribution < 1.29 is 27.8 Å². The number of likely N-dealkylation sites (N-methyl/N-ethyl adjacent to an activating group) is 1. The van der Waals surface area contributed by atoms with E-state index in [0.29, 0.717) is 38.3 Å². The molecule has 35 heavy (non-hydrogen) atoms. The second-order valence-corrected chi connectivity index (χ2v) is 12.0. The van der Waals surface area contributed by atoms with Gasteiger partial charge in [-0.2, -0.15) is 4.31 Å². The molecule has 1 fully saturated rings. The summed E-state index contributed by atoms with van der Waals surface area (Å²) in [6.07, 6.45) is 6.29. The Morgan fingerprint density at radius 2 is 2.03 bits per heavy atom. The summed E-state index contributed by atoms with van der Waals surface area (Å²) < 4.78 is 40.5. The van der Waals surface area contributed by atoms with Gasteiger partial charge < -0.3 is 19.5 Å². The lowest BCUT2D eigenvalue weighted by molar-refractivity contribution is -0.138. The highest BCUT2D eigenvalue weighted by molar-refractivity contribution is 7.89. The van der Waals surface area contributed by atoms with Gasteiger partial charge in [0.25, 0.3) is 0 Å². The Kier molecular flexibility index (Phi) is 8.20. The van der Waals surface area contributed by atoms with Crippen molar-refractivity contribution in [1.82, 2.24) is 9.21 Å². The van der Waals surface area contributed by atoms with Crippen molar-refractivity contribution in [2.75, 3.05) is 40.0 Å². The van der Waals surface area contributed by atoms with E-state index in [2.05, 4.69) is 6.08 Å². The zero-order valence-corrected chi connectivity index (χ0v) is 21.8. The molecule has 0 spiro atoms. The lowest BCUT2D eigenvalue weighted by Gasteiger charge is -2.38. The number of sulfonamides is 1. The number of amides is 1. The molecule has 1 saturated heterocycles. The van der Waals surface area contributed by atoms with Gasteiger partial charge in [-0.15, -0.1) is 0 Å². The van der Waals surface area contributed by atoms with Crippen LogP contribution < -0.4 is 4.74 Å². The van der Waals surface area contributed by atoms with E-state index in [1.165, 1.54) is 9.88 Å². The van der Waals surface area contributed by atoms with Gasteiger partial charge in [0, 0.05) is 44.7 Å². The second kappa shape index (κ2) is 11.0. The summed E-state index contributed by atoms with van der Waals surface area (Å²) >= 11 is 0. The van der Waals surface area contributed by atoms with E-state index in [4.69, 9.17) is 9.47 Å². The lowest BCUT2D eigenvalue weighted by Crippen LogP contribution is -2.50. The Morgan fingerprint density at radius 1 is 1.29 bits per heavy atom. The summed E-state index contributed by atoms with van der Waals surface area (Å²) in [5, 5.41) is 9.82. The fraction of sp³-hybridized carbons (Fsp3) is 0.654. The van der Waals surface area contributed by atoms with Crippen LogP contribution in [-0.2, 0) is 19.6 Å². The maximum Gasteiger partial charge on any atom is 0.247 e. The van der Waals surface area contributed by atoms with Gasteiger partial charge in [-0.3, -0.25) is 4.79 Å². The van der Waals surface area contributed by atoms with Gasteiger partial charge in [-0.05, 0) is 62.3 Å². The third-order valence-electron chi connectivity index (χ3n) is 7.48. The third kappa shape index (κ3) is 5.58. The Bertz CT molecular complexity index is 1050. The summed E-state index contributed by atoms with van der Waals surface area (Å²) in [5.41, 5.74) is 2.17. The number of carbonyl (C=O) groups is 1. The van der Waals surface area contributed by atoms with Crippen LogP contribution in [0.2, 0.25) is 0 Å². The number of carbonyl (C=O) groups excluding carboxylic acids is 1. The fourth-order valence-corrected chi connectivity index (χ4v) is 7.02. The minimum atomic E-state index is -3.88. The number of aliphatic hydroxyl groups excluding tert-OH is 1. The zero-order chi connectivity index (χ0) is 25.2. The molecule has 194 valence electrons. The van der Waals surface area contributed by atoms with E-state index in [-0.39, 0.29) is 35.8 Å². The van der Waals surface area contributed by atoms with Crippen LogP contribution >= 0.6 is 0 Å². The standard InChI is InChI=1S/C26H38N2O6S/c1-18-15-28(19(2)17-29)35(31,32)25-9-8-22(20-6-4-5-7-20)14-23(25)34-24(18)16-27(3)26(30)21-10-12-33-13-11-21/h6,8-9,14,18-19,21,24,29H,4-5,7,10-13,15-17H2,1-3H3/t18-,19-,24-/m0/s1. The van der Waals surface area contributed by atoms with Crippen LogP contribution in [0.15, 0.2) is 29.2 Å². The molecule has 1 aliphatic carbocycles. The molecule has 2 heterocycles. The van der Waals surface area contributed by atoms with Gasteiger partial charge in [0.05, 0.1) is 13.2 Å². The predicted molar refractivity (Wildman–Crippen MR) is 133 cm³/mol. The van der Waals surface area contributed by atoms with E-state index >= 15 is 0 Å². The van der Waals surface area contributed by atoms with Crippen LogP contribution in [-0.4, -0.2) is 80.7 Å². The summed E-state index contributed by atoms with van der Waals surface area (Å²) in [6, 6.07) is 4.73. The normalized spacial score (nSPS) is 26.1. The Balaban J connectivity index is 1.67. The number of benzene rings is 1. The monoisotopic (exact) mass is 506 g/mol. The number of aliphatic hydroxyl groups is 1. The number of hydrogen-bond acceptors (Lipinski definition) is 6. The highest BCUT2D eigenvalue weighted by Gasteiger charge is 2.39. The number of hydrogen-bond donors (Lipinski definition) is 1. The number of allylic oxidation sites excluding steroid dienone is 2. The van der Waals surface area contributed by atoms with Crippen molar-refractivity contribution in [3.8, 4) is 5.75 Å². The number of fused-ring (bicyclic) bond motifs is 1. The van der Waals surface area contributed by atoms with E-state index in [9.17, 15) is 18.3 Å². The molecule has 1 aromatic carbocycles. The fourth-order valence-electron chi connectivity index (χ4n) is 5.19. The van der Waals surface area contributed by atoms with Crippen LogP contribution in [0.25, 0.3) is 5.57 Å². The predicted octanol–water partition coefficient (Wildman–Crippen LogP) is 2.91. The molecule has 1 N–H and O–H groups in total. The molecule has 4 rings (SSSR count). The average molecular weight is 507 g/mol. The van der Waals surface area contributed by atoms with Gasteiger partial charge >= 0.3 is 0 Å². The zero-order valence-electron chi connectivity index (χ0n) is 21.0. The first kappa shape index (κ1) is 26.1. The summed E-state index contributed by atoms with van der Waals surface area (Å²) in [6.45, 7) is 5.11. The number of rotatable bonds is 6. The Labute approximate surface area is 208 Å². The van der Waals surface area contributed by atoms with Gasteiger partial charge in [0.2, 0.25) is 15.9 Å². The summed E-state index contributed by atoms with van der Waals surface area (Å²) in [5.74, 6) is 0.127. The topological polar surface area (TPSA) is 96.4 Å². The molecule has 1 aromatic rings. The maximum absolute atomic E-state index is 13.6. The molecule has 0 aromatic heterocycles. The molecule has 0 bridgehead atoms. The largest absolute Gasteiger partial charge is 0.487 e. The van der Waals surface area contributed by atoms with Crippen LogP contribution in [0.3, 0.4) is 0 Å². The molecule has 0 radical (unpaired) electrons. The Hall–Kier alpha value is -1.94. The Morgan fingerprint density at radius 3 is 2.69 bits per heavy atom. The molecule has 2 aliphatic heterocycles. The van der Waals surface area contributed by atoms with Crippen LogP contribution in [0.4, 0.5) is 0 Å². The van der Waals surface area contributed by atoms with Crippen LogP contribution in [0.5, 0.6) is 5.75 Å². The first-order valence-electron chi connectivity index (χ1n) is 12.7. The first-order chi connectivity index (χ1) is 16.7. The van der Waals surface area contributed by atoms with Crippen molar-refractivity contribution in [3.05, 3.63) is 29.8 Å². The minimum absolute atomic E-state index is 0.0582. The summed E-state index contributed by atoms with van der Waals surface area (Å²) in [7, 11) is -2.09. The van der Waals surface area contributed by atoms with Crippen molar-refractivity contribution in [2.24, 2.45) is 11.8 Å². The SMILES string of the molecule is C[C@H]1CN([C@@H](C)CO)S(=O)(=O)c2ccc(C3=CCCC3)cc2O[C@H]1CN(C)C(=O)C1CCOCC1. The van der Waals surface area contributed by atoms with E-state index < -0.39 is 22.2 Å². The van der Waals surface area contributed by atoms with Crippen LogP contribution in [0, 0.1) is 11.8 Å². The average Bonchev–Trinajstić information content (AvgIpc) is 3.40. The molecule has 9 heteroatoms. The second-order valence-electron chi connectivity index (χ2n) is 10.1. The van der Waals surface area contributed by atoms with Gasteiger partial charge in [-0.25, -0.2) is 8.42 Å².